The number of fused-ring (bicyclic) bond motifs is 1. The van der Waals surface area contributed by atoms with Crippen LogP contribution in [0, 0.1) is 24.7 Å². The zero-order valence-electron chi connectivity index (χ0n) is 22.2. The number of aromatic nitrogens is 3. The van der Waals surface area contributed by atoms with E-state index < -0.39 is 17.6 Å². The number of alkyl halides is 3. The maximum atomic E-state index is 13.2. The van der Waals surface area contributed by atoms with Crippen LogP contribution in [0.2, 0.25) is 5.02 Å². The minimum atomic E-state index is -4.60. The molecule has 1 amide bonds. The molecule has 11 heteroatoms. The second-order valence-corrected chi connectivity index (χ2v) is 10.3. The summed E-state index contributed by atoms with van der Waals surface area (Å²) < 4.78 is 41.2. The topological polar surface area (TPSA) is 79.6 Å². The van der Waals surface area contributed by atoms with Gasteiger partial charge in [-0.3, -0.25) is 9.59 Å². The standard InChI is InChI=1S/C30H25ClF3N5O2/c1-18-20(4-3-5-26(18)29(41)36-24-15-22(30(32,33)34)14-23(31)16-24)6-7-25-17-35-27-8-9-28(37-39(25)27)38-12-10-21(11-13-38)19(2)40/h3-5,8-9,14-17,21H,10-13H2,1-2H3,(H,36,41). The Bertz CT molecular complexity index is 1710. The van der Waals surface area contributed by atoms with Crippen molar-refractivity contribution in [2.75, 3.05) is 23.3 Å². The number of hydrogen-bond acceptors (Lipinski definition) is 5. The van der Waals surface area contributed by atoms with E-state index in [1.54, 1.807) is 42.8 Å². The lowest BCUT2D eigenvalue weighted by molar-refractivity contribution is -0.137. The smallest absolute Gasteiger partial charge is 0.355 e. The van der Waals surface area contributed by atoms with Gasteiger partial charge in [-0.1, -0.05) is 23.6 Å². The minimum Gasteiger partial charge on any atom is -0.355 e. The number of carbonyl (C=O) groups is 2. The zero-order valence-corrected chi connectivity index (χ0v) is 23.0. The van der Waals surface area contributed by atoms with Gasteiger partial charge < -0.3 is 10.2 Å². The molecule has 41 heavy (non-hydrogen) atoms. The molecule has 7 nitrogen and oxygen atoms in total. The number of anilines is 2. The van der Waals surface area contributed by atoms with E-state index in [1.165, 1.54) is 6.07 Å². The number of piperidine rings is 1. The molecule has 3 heterocycles. The number of benzene rings is 2. The molecule has 0 unspecified atom stereocenters. The molecule has 0 spiro atoms. The summed E-state index contributed by atoms with van der Waals surface area (Å²) in [4.78, 5) is 31.2. The summed E-state index contributed by atoms with van der Waals surface area (Å²) in [6, 6.07) is 11.6. The maximum absolute atomic E-state index is 13.2. The van der Waals surface area contributed by atoms with Gasteiger partial charge in [0.1, 0.15) is 17.3 Å². The van der Waals surface area contributed by atoms with Crippen molar-refractivity contribution < 1.29 is 22.8 Å². The number of carbonyl (C=O) groups excluding carboxylic acids is 2. The first-order chi connectivity index (χ1) is 19.5. The Kier molecular flexibility index (Phi) is 7.74. The van der Waals surface area contributed by atoms with E-state index in [0.717, 1.165) is 43.9 Å². The predicted molar refractivity (Wildman–Crippen MR) is 150 cm³/mol. The highest BCUT2D eigenvalue weighted by Crippen LogP contribution is 2.33. The fourth-order valence-corrected chi connectivity index (χ4v) is 5.04. The van der Waals surface area contributed by atoms with Gasteiger partial charge in [-0.05, 0) is 80.6 Å². The first kappa shape index (κ1) is 28.2. The lowest BCUT2D eigenvalue weighted by Crippen LogP contribution is -2.36. The van der Waals surface area contributed by atoms with Crippen LogP contribution in [0.1, 0.15) is 52.5 Å². The highest BCUT2D eigenvalue weighted by molar-refractivity contribution is 6.31. The van der Waals surface area contributed by atoms with Crippen molar-refractivity contribution >= 4 is 40.4 Å². The molecule has 0 aliphatic carbocycles. The van der Waals surface area contributed by atoms with Crippen molar-refractivity contribution in [1.82, 2.24) is 14.6 Å². The van der Waals surface area contributed by atoms with Gasteiger partial charge in [0.15, 0.2) is 5.65 Å². The van der Waals surface area contributed by atoms with E-state index in [2.05, 4.69) is 27.0 Å². The molecular formula is C30H25ClF3N5O2. The molecule has 2 aromatic heterocycles. The average molecular weight is 580 g/mol. The Labute approximate surface area is 239 Å². The first-order valence-corrected chi connectivity index (χ1v) is 13.3. The number of imidazole rings is 1. The van der Waals surface area contributed by atoms with Crippen molar-refractivity contribution in [2.45, 2.75) is 32.9 Å². The number of ketones is 1. The third-order valence-electron chi connectivity index (χ3n) is 7.13. The molecule has 0 radical (unpaired) electrons. The maximum Gasteiger partial charge on any atom is 0.416 e. The van der Waals surface area contributed by atoms with Gasteiger partial charge >= 0.3 is 6.18 Å². The van der Waals surface area contributed by atoms with Crippen LogP contribution in [-0.4, -0.2) is 39.4 Å². The molecule has 1 aliphatic heterocycles. The van der Waals surface area contributed by atoms with Gasteiger partial charge in [0, 0.05) is 40.8 Å². The second-order valence-electron chi connectivity index (χ2n) is 9.89. The molecule has 1 saturated heterocycles. The van der Waals surface area contributed by atoms with Crippen LogP contribution in [0.3, 0.4) is 0 Å². The predicted octanol–water partition coefficient (Wildman–Crippen LogP) is 6.17. The van der Waals surface area contributed by atoms with E-state index in [9.17, 15) is 22.8 Å². The summed E-state index contributed by atoms with van der Waals surface area (Å²) >= 11 is 5.85. The summed E-state index contributed by atoms with van der Waals surface area (Å²) in [6.45, 7) is 4.82. The van der Waals surface area contributed by atoms with Gasteiger partial charge in [-0.15, -0.1) is 5.10 Å². The summed E-state index contributed by atoms with van der Waals surface area (Å²) in [6.07, 6.45) is -1.41. The highest BCUT2D eigenvalue weighted by Gasteiger charge is 2.31. The molecule has 5 rings (SSSR count). The molecule has 2 aromatic carbocycles. The Morgan fingerprint density at radius 2 is 1.83 bits per heavy atom. The number of rotatable bonds is 4. The van der Waals surface area contributed by atoms with Gasteiger partial charge in [0.25, 0.3) is 5.91 Å². The van der Waals surface area contributed by atoms with E-state index in [4.69, 9.17) is 16.7 Å². The highest BCUT2D eigenvalue weighted by atomic mass is 35.5. The monoisotopic (exact) mass is 579 g/mol. The first-order valence-electron chi connectivity index (χ1n) is 12.9. The number of amides is 1. The normalized spacial score (nSPS) is 14.0. The van der Waals surface area contributed by atoms with Gasteiger partial charge in [-0.25, -0.2) is 9.50 Å². The number of Topliss-reactive ketones (excluding diaryl/α,β-unsaturated/α-hetero) is 1. The van der Waals surface area contributed by atoms with Gasteiger partial charge in [-0.2, -0.15) is 13.2 Å². The fourth-order valence-electron chi connectivity index (χ4n) is 4.80. The van der Waals surface area contributed by atoms with Crippen LogP contribution in [-0.2, 0) is 11.0 Å². The van der Waals surface area contributed by atoms with Crippen LogP contribution in [0.25, 0.3) is 5.65 Å². The van der Waals surface area contributed by atoms with Crippen molar-refractivity contribution in [3.8, 4) is 11.8 Å². The third-order valence-corrected chi connectivity index (χ3v) is 7.35. The van der Waals surface area contributed by atoms with E-state index in [-0.39, 0.29) is 28.0 Å². The summed E-state index contributed by atoms with van der Waals surface area (Å²) in [5.74, 6) is 6.64. The van der Waals surface area contributed by atoms with E-state index >= 15 is 0 Å². The molecule has 0 saturated carbocycles. The van der Waals surface area contributed by atoms with E-state index in [1.807, 2.05) is 12.1 Å². The average Bonchev–Trinajstić information content (AvgIpc) is 3.34. The number of hydrogen-bond donors (Lipinski definition) is 1. The lowest BCUT2D eigenvalue weighted by Gasteiger charge is -2.31. The second kappa shape index (κ2) is 11.3. The molecular weight excluding hydrogens is 555 g/mol. The number of halogens is 4. The van der Waals surface area contributed by atoms with Crippen molar-refractivity contribution in [1.29, 1.82) is 0 Å². The molecule has 1 fully saturated rings. The number of nitrogens with zero attached hydrogens (tertiary/aromatic N) is 4. The van der Waals surface area contributed by atoms with Crippen molar-refractivity contribution in [3.63, 3.8) is 0 Å². The lowest BCUT2D eigenvalue weighted by atomic mass is 9.93. The molecule has 210 valence electrons. The van der Waals surface area contributed by atoms with Crippen molar-refractivity contribution in [3.05, 3.63) is 87.7 Å². The molecule has 1 N–H and O–H groups in total. The Hall–Kier alpha value is -4.36. The summed E-state index contributed by atoms with van der Waals surface area (Å²) in [5, 5.41) is 7.08. The molecule has 1 aliphatic rings. The Balaban J connectivity index is 1.37. The van der Waals surface area contributed by atoms with Crippen LogP contribution >= 0.6 is 11.6 Å². The van der Waals surface area contributed by atoms with Crippen LogP contribution in [0.5, 0.6) is 0 Å². The molecule has 0 atom stereocenters. The van der Waals surface area contributed by atoms with Gasteiger partial charge in [0.05, 0.1) is 11.8 Å². The minimum absolute atomic E-state index is 0.0659. The summed E-state index contributed by atoms with van der Waals surface area (Å²) in [5.41, 5.74) is 1.54. The Morgan fingerprint density at radius 1 is 1.07 bits per heavy atom. The fraction of sp³-hybridized carbons (Fsp3) is 0.267. The SMILES string of the molecule is CC(=O)C1CCN(c2ccc3ncc(C#Cc4cccc(C(=O)Nc5cc(Cl)cc(C(F)(F)F)c5)c4C)n3n2)CC1. The largest absolute Gasteiger partial charge is 0.416 e. The third kappa shape index (κ3) is 6.20. The van der Waals surface area contributed by atoms with Crippen molar-refractivity contribution in [2.24, 2.45) is 5.92 Å². The van der Waals surface area contributed by atoms with Crippen LogP contribution < -0.4 is 10.2 Å². The Morgan fingerprint density at radius 3 is 2.54 bits per heavy atom. The molecule has 4 aromatic rings. The summed E-state index contributed by atoms with van der Waals surface area (Å²) in [7, 11) is 0. The van der Waals surface area contributed by atoms with Gasteiger partial charge in [0.2, 0.25) is 0 Å². The van der Waals surface area contributed by atoms with Crippen LogP contribution in [0.15, 0.2) is 54.7 Å². The zero-order chi connectivity index (χ0) is 29.3. The quantitative estimate of drug-likeness (QED) is 0.293. The van der Waals surface area contributed by atoms with E-state index in [0.29, 0.717) is 22.5 Å². The number of nitrogens with one attached hydrogen (secondary N) is 1. The van der Waals surface area contributed by atoms with Crippen LogP contribution in [0.4, 0.5) is 24.7 Å². The molecule has 0 bridgehead atoms.